The lowest BCUT2D eigenvalue weighted by Crippen LogP contribution is -2.29. The van der Waals surface area contributed by atoms with Crippen LogP contribution in [0.4, 0.5) is 0 Å². The van der Waals surface area contributed by atoms with Gasteiger partial charge in [0.2, 0.25) is 6.29 Å². The maximum atomic E-state index is 6.65. The van der Waals surface area contributed by atoms with Gasteiger partial charge in [0.05, 0.1) is 12.5 Å². The van der Waals surface area contributed by atoms with Gasteiger partial charge < -0.3 is 9.47 Å². The zero-order chi connectivity index (χ0) is 23.3. The molecule has 178 valence electrons. The molecule has 0 spiro atoms. The molecule has 3 aromatic rings. The van der Waals surface area contributed by atoms with E-state index in [0.29, 0.717) is 5.92 Å². The Balaban J connectivity index is 1.40. The molecule has 1 saturated carbocycles. The molecule has 5 rings (SSSR count). The molecule has 0 radical (unpaired) electrons. The third kappa shape index (κ3) is 4.93. The van der Waals surface area contributed by atoms with E-state index < -0.39 is 0 Å². The van der Waals surface area contributed by atoms with Crippen molar-refractivity contribution in [2.75, 3.05) is 6.61 Å². The van der Waals surface area contributed by atoms with Crippen LogP contribution in [-0.4, -0.2) is 12.9 Å². The summed E-state index contributed by atoms with van der Waals surface area (Å²) in [5.74, 6) is 2.32. The van der Waals surface area contributed by atoms with Crippen LogP contribution >= 0.6 is 0 Å². The summed E-state index contributed by atoms with van der Waals surface area (Å²) in [6, 6.07) is 26.1. The number of fused-ring (bicyclic) bond motifs is 3. The number of hydrogen-bond acceptors (Lipinski definition) is 2. The summed E-state index contributed by atoms with van der Waals surface area (Å²) in [6.45, 7) is 5.26. The van der Waals surface area contributed by atoms with Crippen molar-refractivity contribution in [1.82, 2.24) is 0 Å². The fourth-order valence-corrected chi connectivity index (χ4v) is 5.76. The van der Waals surface area contributed by atoms with E-state index in [2.05, 4.69) is 86.6 Å². The van der Waals surface area contributed by atoms with Crippen LogP contribution in [0.2, 0.25) is 0 Å². The summed E-state index contributed by atoms with van der Waals surface area (Å²) in [6.07, 6.45) is 8.76. The predicted octanol–water partition coefficient (Wildman–Crippen LogP) is 8.70. The van der Waals surface area contributed by atoms with Crippen molar-refractivity contribution in [3.05, 3.63) is 89.5 Å². The molecule has 0 N–H and O–H groups in total. The van der Waals surface area contributed by atoms with Gasteiger partial charge in [-0.1, -0.05) is 107 Å². The largest absolute Gasteiger partial charge is 0.464 e. The smallest absolute Gasteiger partial charge is 0.210 e. The predicted molar refractivity (Wildman–Crippen MR) is 140 cm³/mol. The fourth-order valence-electron chi connectivity index (χ4n) is 5.76. The van der Waals surface area contributed by atoms with E-state index >= 15 is 0 Å². The minimum absolute atomic E-state index is 0.0768. The Bertz CT molecular complexity index is 1020. The highest BCUT2D eigenvalue weighted by atomic mass is 16.7. The lowest BCUT2D eigenvalue weighted by Gasteiger charge is -2.28. The topological polar surface area (TPSA) is 18.5 Å². The highest BCUT2D eigenvalue weighted by Crippen LogP contribution is 2.47. The number of rotatable bonds is 9. The first-order valence-electron chi connectivity index (χ1n) is 13.3. The monoisotopic (exact) mass is 454 g/mol. The van der Waals surface area contributed by atoms with Crippen molar-refractivity contribution >= 4 is 0 Å². The van der Waals surface area contributed by atoms with E-state index in [9.17, 15) is 0 Å². The van der Waals surface area contributed by atoms with Crippen molar-refractivity contribution in [2.24, 2.45) is 5.92 Å². The molecule has 2 heteroatoms. The van der Waals surface area contributed by atoms with Gasteiger partial charge in [0.15, 0.2) is 0 Å². The van der Waals surface area contributed by atoms with Crippen LogP contribution in [0.25, 0.3) is 11.1 Å². The number of benzene rings is 3. The number of ether oxygens (including phenoxy) is 2. The minimum atomic E-state index is -0.345. The fraction of sp³-hybridized carbons (Fsp3) is 0.438. The van der Waals surface area contributed by atoms with Crippen LogP contribution in [0.3, 0.4) is 0 Å². The maximum Gasteiger partial charge on any atom is 0.210 e. The van der Waals surface area contributed by atoms with Crippen LogP contribution in [0.5, 0.6) is 5.75 Å². The van der Waals surface area contributed by atoms with Gasteiger partial charge >= 0.3 is 0 Å². The molecule has 3 aromatic carbocycles. The van der Waals surface area contributed by atoms with Gasteiger partial charge in [-0.2, -0.15) is 0 Å². The first-order valence-corrected chi connectivity index (χ1v) is 13.3. The Morgan fingerprint density at radius 3 is 2.03 bits per heavy atom. The SMILES string of the molecule is CCC(C)c1ccc(OC(OCCC2CCCCC2)C2c3ccccc3-c3ccccc32)cc1. The van der Waals surface area contributed by atoms with Crippen molar-refractivity contribution < 1.29 is 9.47 Å². The summed E-state index contributed by atoms with van der Waals surface area (Å²) >= 11 is 0. The van der Waals surface area contributed by atoms with Crippen molar-refractivity contribution in [3.63, 3.8) is 0 Å². The Morgan fingerprint density at radius 2 is 1.41 bits per heavy atom. The van der Waals surface area contributed by atoms with Crippen molar-refractivity contribution in [3.8, 4) is 16.9 Å². The molecular formula is C32H38O2. The van der Waals surface area contributed by atoms with E-state index in [4.69, 9.17) is 9.47 Å². The first-order chi connectivity index (χ1) is 16.7. The van der Waals surface area contributed by atoms with Crippen LogP contribution in [-0.2, 0) is 4.74 Å². The molecule has 0 aliphatic heterocycles. The first kappa shape index (κ1) is 23.2. The molecule has 34 heavy (non-hydrogen) atoms. The summed E-state index contributed by atoms with van der Waals surface area (Å²) in [5.41, 5.74) is 6.59. The van der Waals surface area contributed by atoms with Crippen molar-refractivity contribution in [1.29, 1.82) is 0 Å². The van der Waals surface area contributed by atoms with E-state index in [1.807, 2.05) is 0 Å². The van der Waals surface area contributed by atoms with E-state index in [1.165, 1.54) is 59.9 Å². The molecule has 0 amide bonds. The quantitative estimate of drug-likeness (QED) is 0.301. The Hall–Kier alpha value is -2.58. The standard InChI is InChI=1S/C32H38O2/c1-3-23(2)25-17-19-26(20-18-25)34-32(33-22-21-24-11-5-4-6-12-24)31-29-15-9-7-13-27(29)28-14-8-10-16-30(28)31/h7-10,13-20,23-24,31-32H,3-6,11-12,21-22H2,1-2H3. The molecule has 2 unspecified atom stereocenters. The van der Waals surface area contributed by atoms with Crippen LogP contribution < -0.4 is 4.74 Å². The summed E-state index contributed by atoms with van der Waals surface area (Å²) in [7, 11) is 0. The Labute approximate surface area is 205 Å². The molecule has 2 aliphatic carbocycles. The van der Waals surface area contributed by atoms with Crippen LogP contribution in [0, 0.1) is 5.92 Å². The molecule has 2 nitrogen and oxygen atoms in total. The molecule has 2 atom stereocenters. The molecule has 0 heterocycles. The number of hydrogen-bond donors (Lipinski definition) is 0. The molecule has 0 aromatic heterocycles. The van der Waals surface area contributed by atoms with Gasteiger partial charge in [0.1, 0.15) is 5.75 Å². The normalized spacial score (nSPS) is 17.7. The van der Waals surface area contributed by atoms with Crippen LogP contribution in [0.1, 0.15) is 87.3 Å². The minimum Gasteiger partial charge on any atom is -0.464 e. The van der Waals surface area contributed by atoms with Crippen molar-refractivity contribution in [2.45, 2.75) is 76.9 Å². The van der Waals surface area contributed by atoms with E-state index in [1.54, 1.807) is 0 Å². The van der Waals surface area contributed by atoms with Gasteiger partial charge in [-0.25, -0.2) is 0 Å². The van der Waals surface area contributed by atoms with Gasteiger partial charge in [-0.05, 0) is 64.6 Å². The van der Waals surface area contributed by atoms with Gasteiger partial charge in [-0.3, -0.25) is 0 Å². The molecule has 0 saturated heterocycles. The molecule has 1 fully saturated rings. The van der Waals surface area contributed by atoms with E-state index in [0.717, 1.165) is 31.1 Å². The average molecular weight is 455 g/mol. The lowest BCUT2D eigenvalue weighted by atomic mass is 9.87. The third-order valence-electron chi connectivity index (χ3n) is 8.00. The highest BCUT2D eigenvalue weighted by Gasteiger charge is 2.36. The molecular weight excluding hydrogens is 416 g/mol. The van der Waals surface area contributed by atoms with Gasteiger partial charge in [0, 0.05) is 0 Å². The van der Waals surface area contributed by atoms with Crippen LogP contribution in [0.15, 0.2) is 72.8 Å². The summed E-state index contributed by atoms with van der Waals surface area (Å²) < 4.78 is 13.3. The third-order valence-corrected chi connectivity index (χ3v) is 8.00. The summed E-state index contributed by atoms with van der Waals surface area (Å²) in [4.78, 5) is 0. The van der Waals surface area contributed by atoms with Gasteiger partial charge in [-0.15, -0.1) is 0 Å². The molecule has 0 bridgehead atoms. The Kier molecular flexibility index (Phi) is 7.35. The van der Waals surface area contributed by atoms with E-state index in [-0.39, 0.29) is 12.2 Å². The second-order valence-electron chi connectivity index (χ2n) is 10.2. The zero-order valence-corrected chi connectivity index (χ0v) is 20.7. The second kappa shape index (κ2) is 10.8. The van der Waals surface area contributed by atoms with Gasteiger partial charge in [0.25, 0.3) is 0 Å². The average Bonchev–Trinajstić information content (AvgIpc) is 3.23. The maximum absolute atomic E-state index is 6.65. The molecule has 2 aliphatic rings. The zero-order valence-electron chi connectivity index (χ0n) is 20.7. The highest BCUT2D eigenvalue weighted by molar-refractivity contribution is 5.79. The summed E-state index contributed by atoms with van der Waals surface area (Å²) in [5, 5.41) is 0. The Morgan fingerprint density at radius 1 is 0.794 bits per heavy atom. The lowest BCUT2D eigenvalue weighted by molar-refractivity contribution is -0.0927. The second-order valence-corrected chi connectivity index (χ2v) is 10.2.